The number of hydrogen-bond donors (Lipinski definition) is 2. The number of nitrogens with zero attached hydrogens (tertiary/aromatic N) is 3. The third kappa shape index (κ3) is 5.38. The maximum absolute atomic E-state index is 12.4. The van der Waals surface area contributed by atoms with Crippen LogP contribution in [0.25, 0.3) is 16.3 Å². The standard InChI is InChI=1S/C19H23N5OS.ClH/c1-13(2)8-15(9-20)22-18(25)17-12-26-19(23-17)14-10-21-24(11-14)16-6-4-3-5-7-16;/h3-7,10-13,15H,8-9,20H2,1-2H3,(H,22,25);1H. The Morgan fingerprint density at radius 1 is 1.30 bits per heavy atom. The first-order valence-corrected chi connectivity index (χ1v) is 9.51. The van der Waals surface area contributed by atoms with Crippen molar-refractivity contribution in [3.05, 3.63) is 53.8 Å². The largest absolute Gasteiger partial charge is 0.347 e. The first kappa shape index (κ1) is 21.1. The molecule has 0 aliphatic carbocycles. The molecule has 1 amide bonds. The highest BCUT2D eigenvalue weighted by Gasteiger charge is 2.17. The minimum Gasteiger partial charge on any atom is -0.347 e. The van der Waals surface area contributed by atoms with E-state index >= 15 is 0 Å². The summed E-state index contributed by atoms with van der Waals surface area (Å²) in [4.78, 5) is 16.9. The maximum atomic E-state index is 12.4. The minimum absolute atomic E-state index is 0. The van der Waals surface area contributed by atoms with Crippen LogP contribution in [0.1, 0.15) is 30.8 Å². The van der Waals surface area contributed by atoms with Crippen molar-refractivity contribution < 1.29 is 4.79 Å². The number of carbonyl (C=O) groups excluding carboxylic acids is 1. The number of para-hydroxylation sites is 1. The van der Waals surface area contributed by atoms with Gasteiger partial charge in [-0.2, -0.15) is 5.10 Å². The summed E-state index contributed by atoms with van der Waals surface area (Å²) < 4.78 is 1.80. The molecule has 0 radical (unpaired) electrons. The first-order chi connectivity index (χ1) is 12.6. The highest BCUT2D eigenvalue weighted by Crippen LogP contribution is 2.24. The van der Waals surface area contributed by atoms with Gasteiger partial charge in [0.05, 0.1) is 11.9 Å². The van der Waals surface area contributed by atoms with Crippen LogP contribution < -0.4 is 11.1 Å². The molecule has 0 saturated carbocycles. The van der Waals surface area contributed by atoms with Crippen LogP contribution in [0.15, 0.2) is 48.1 Å². The van der Waals surface area contributed by atoms with Crippen LogP contribution in [-0.2, 0) is 0 Å². The molecule has 0 spiro atoms. The van der Waals surface area contributed by atoms with Crippen molar-refractivity contribution in [3.63, 3.8) is 0 Å². The summed E-state index contributed by atoms with van der Waals surface area (Å²) in [7, 11) is 0. The van der Waals surface area contributed by atoms with E-state index in [1.54, 1.807) is 16.3 Å². The Labute approximate surface area is 169 Å². The number of nitrogens with two attached hydrogens (primary N) is 1. The number of nitrogens with one attached hydrogen (secondary N) is 1. The van der Waals surface area contributed by atoms with Gasteiger partial charge in [0.25, 0.3) is 5.91 Å². The van der Waals surface area contributed by atoms with Gasteiger partial charge in [-0.05, 0) is 24.5 Å². The second-order valence-corrected chi connectivity index (χ2v) is 7.44. The number of benzene rings is 1. The van der Waals surface area contributed by atoms with Crippen molar-refractivity contribution in [1.82, 2.24) is 20.1 Å². The van der Waals surface area contributed by atoms with Gasteiger partial charge in [0, 0.05) is 29.7 Å². The molecule has 1 atom stereocenters. The number of amides is 1. The third-order valence-electron chi connectivity index (χ3n) is 3.96. The van der Waals surface area contributed by atoms with Crippen molar-refractivity contribution in [1.29, 1.82) is 0 Å². The van der Waals surface area contributed by atoms with Crippen LogP contribution in [0.4, 0.5) is 0 Å². The number of aromatic nitrogens is 3. The van der Waals surface area contributed by atoms with E-state index in [4.69, 9.17) is 5.73 Å². The van der Waals surface area contributed by atoms with Gasteiger partial charge in [-0.25, -0.2) is 9.67 Å². The van der Waals surface area contributed by atoms with Gasteiger partial charge in [0.2, 0.25) is 0 Å². The number of halogens is 1. The molecule has 2 heterocycles. The molecule has 0 aliphatic heterocycles. The van der Waals surface area contributed by atoms with Gasteiger partial charge >= 0.3 is 0 Å². The van der Waals surface area contributed by atoms with Crippen LogP contribution in [0.3, 0.4) is 0 Å². The second-order valence-electron chi connectivity index (χ2n) is 6.58. The monoisotopic (exact) mass is 405 g/mol. The van der Waals surface area contributed by atoms with Gasteiger partial charge in [0.1, 0.15) is 10.7 Å². The lowest BCUT2D eigenvalue weighted by Gasteiger charge is -2.18. The molecule has 0 fully saturated rings. The quantitative estimate of drug-likeness (QED) is 0.629. The fraction of sp³-hybridized carbons (Fsp3) is 0.316. The molecule has 144 valence electrons. The number of thiazole rings is 1. The number of hydrogen-bond acceptors (Lipinski definition) is 5. The van der Waals surface area contributed by atoms with E-state index in [-0.39, 0.29) is 24.4 Å². The Balaban J connectivity index is 0.00000261. The lowest BCUT2D eigenvalue weighted by molar-refractivity contribution is 0.0929. The van der Waals surface area contributed by atoms with E-state index in [1.165, 1.54) is 11.3 Å². The molecule has 8 heteroatoms. The SMILES string of the molecule is CC(C)CC(CN)NC(=O)c1csc(-c2cnn(-c3ccccc3)c2)n1.Cl. The highest BCUT2D eigenvalue weighted by atomic mass is 35.5. The van der Waals surface area contributed by atoms with E-state index in [1.807, 2.05) is 36.5 Å². The van der Waals surface area contributed by atoms with Gasteiger partial charge < -0.3 is 11.1 Å². The fourth-order valence-electron chi connectivity index (χ4n) is 2.71. The molecule has 0 bridgehead atoms. The average Bonchev–Trinajstić information content (AvgIpc) is 3.30. The van der Waals surface area contributed by atoms with Crippen molar-refractivity contribution in [2.75, 3.05) is 6.54 Å². The smallest absolute Gasteiger partial charge is 0.271 e. The molecule has 3 rings (SSSR count). The summed E-state index contributed by atoms with van der Waals surface area (Å²) in [6.45, 7) is 4.64. The molecule has 2 aromatic heterocycles. The van der Waals surface area contributed by atoms with E-state index in [9.17, 15) is 4.79 Å². The van der Waals surface area contributed by atoms with Crippen LogP contribution in [0.5, 0.6) is 0 Å². The summed E-state index contributed by atoms with van der Waals surface area (Å²) in [5, 5.41) is 9.89. The third-order valence-corrected chi connectivity index (χ3v) is 4.85. The molecular weight excluding hydrogens is 382 g/mol. The van der Waals surface area contributed by atoms with Gasteiger partial charge in [-0.3, -0.25) is 4.79 Å². The Hall–Kier alpha value is -2.22. The lowest BCUT2D eigenvalue weighted by atomic mass is 10.0. The highest BCUT2D eigenvalue weighted by molar-refractivity contribution is 7.13. The lowest BCUT2D eigenvalue weighted by Crippen LogP contribution is -2.41. The van der Waals surface area contributed by atoms with Crippen molar-refractivity contribution in [2.45, 2.75) is 26.3 Å². The molecular formula is C19H24ClN5OS. The fourth-order valence-corrected chi connectivity index (χ4v) is 3.48. The second kappa shape index (κ2) is 9.64. The Morgan fingerprint density at radius 3 is 2.70 bits per heavy atom. The zero-order chi connectivity index (χ0) is 18.5. The maximum Gasteiger partial charge on any atom is 0.271 e. The van der Waals surface area contributed by atoms with Crippen LogP contribution >= 0.6 is 23.7 Å². The molecule has 6 nitrogen and oxygen atoms in total. The number of carbonyl (C=O) groups is 1. The molecule has 1 unspecified atom stereocenters. The summed E-state index contributed by atoms with van der Waals surface area (Å²) in [5.74, 6) is 0.290. The molecule has 1 aromatic carbocycles. The molecule has 0 aliphatic rings. The van der Waals surface area contributed by atoms with E-state index < -0.39 is 0 Å². The first-order valence-electron chi connectivity index (χ1n) is 8.63. The average molecular weight is 406 g/mol. The van der Waals surface area contributed by atoms with Crippen LogP contribution in [-0.4, -0.2) is 33.3 Å². The molecule has 3 aromatic rings. The van der Waals surface area contributed by atoms with Crippen molar-refractivity contribution in [3.8, 4) is 16.3 Å². The summed E-state index contributed by atoms with van der Waals surface area (Å²) in [6, 6.07) is 9.83. The van der Waals surface area contributed by atoms with Gasteiger partial charge in [-0.1, -0.05) is 32.0 Å². The van der Waals surface area contributed by atoms with E-state index in [0.717, 1.165) is 22.7 Å². The summed E-state index contributed by atoms with van der Waals surface area (Å²) in [6.07, 6.45) is 4.52. The predicted molar refractivity (Wildman–Crippen MR) is 112 cm³/mol. The zero-order valence-electron chi connectivity index (χ0n) is 15.3. The molecule has 0 saturated heterocycles. The Morgan fingerprint density at radius 2 is 2.04 bits per heavy atom. The molecule has 3 N–H and O–H groups in total. The predicted octanol–water partition coefficient (Wildman–Crippen LogP) is 3.52. The van der Waals surface area contributed by atoms with Crippen LogP contribution in [0.2, 0.25) is 0 Å². The van der Waals surface area contributed by atoms with Gasteiger partial charge in [-0.15, -0.1) is 23.7 Å². The molecule has 27 heavy (non-hydrogen) atoms. The topological polar surface area (TPSA) is 85.8 Å². The number of rotatable bonds is 7. The zero-order valence-corrected chi connectivity index (χ0v) is 17.0. The van der Waals surface area contributed by atoms with Crippen molar-refractivity contribution >= 4 is 29.7 Å². The van der Waals surface area contributed by atoms with E-state index in [2.05, 4.69) is 29.2 Å². The normalized spacial score (nSPS) is 11.9. The van der Waals surface area contributed by atoms with Crippen LogP contribution in [0, 0.1) is 5.92 Å². The van der Waals surface area contributed by atoms with Crippen molar-refractivity contribution in [2.24, 2.45) is 11.7 Å². The minimum atomic E-state index is -0.181. The van der Waals surface area contributed by atoms with E-state index in [0.29, 0.717) is 18.2 Å². The van der Waals surface area contributed by atoms with Gasteiger partial charge in [0.15, 0.2) is 0 Å². The summed E-state index contributed by atoms with van der Waals surface area (Å²) in [5.41, 5.74) is 8.04. The summed E-state index contributed by atoms with van der Waals surface area (Å²) >= 11 is 1.43. The Bertz CT molecular complexity index is 862. The Kier molecular flexibility index (Phi) is 7.53.